The maximum absolute atomic E-state index is 12.2. The van der Waals surface area contributed by atoms with Crippen LogP contribution >= 0.6 is 11.3 Å². The molecule has 0 bridgehead atoms. The maximum Gasteiger partial charge on any atom is 0.270 e. The standard InChI is InChI=1S/C19H13N3O4S/c23-18(12-4-3-5-13(10-12)22(24)25)20-11-14-8-9-16(26-14)19-21-15-6-1-2-7-17(15)27-19/h1-10H,11H2,(H,20,23). The van der Waals surface area contributed by atoms with Crippen LogP contribution in [0.25, 0.3) is 21.0 Å². The number of amides is 1. The molecule has 0 radical (unpaired) electrons. The van der Waals surface area contributed by atoms with E-state index in [4.69, 9.17) is 4.42 Å². The van der Waals surface area contributed by atoms with Crippen molar-refractivity contribution in [2.45, 2.75) is 6.54 Å². The number of benzene rings is 2. The Morgan fingerprint density at radius 1 is 1.15 bits per heavy atom. The largest absolute Gasteiger partial charge is 0.457 e. The number of thiazole rings is 1. The van der Waals surface area contributed by atoms with Crippen molar-refractivity contribution in [1.29, 1.82) is 0 Å². The molecule has 0 saturated heterocycles. The first-order valence-electron chi connectivity index (χ1n) is 8.07. The van der Waals surface area contributed by atoms with E-state index in [0.29, 0.717) is 11.5 Å². The van der Waals surface area contributed by atoms with Crippen LogP contribution in [0.15, 0.2) is 65.1 Å². The summed E-state index contributed by atoms with van der Waals surface area (Å²) in [7, 11) is 0. The van der Waals surface area contributed by atoms with Gasteiger partial charge in [0.25, 0.3) is 11.6 Å². The molecule has 0 saturated carbocycles. The molecule has 2 aromatic heterocycles. The van der Waals surface area contributed by atoms with E-state index in [2.05, 4.69) is 10.3 Å². The van der Waals surface area contributed by atoms with Crippen molar-refractivity contribution in [2.75, 3.05) is 0 Å². The number of rotatable bonds is 5. The number of carbonyl (C=O) groups excluding carboxylic acids is 1. The Balaban J connectivity index is 1.46. The number of fused-ring (bicyclic) bond motifs is 1. The number of para-hydroxylation sites is 1. The van der Waals surface area contributed by atoms with Crippen LogP contribution in [0, 0.1) is 10.1 Å². The third-order valence-corrected chi connectivity index (χ3v) is 4.96. The number of nitrogens with one attached hydrogen (secondary N) is 1. The summed E-state index contributed by atoms with van der Waals surface area (Å²) in [5.74, 6) is 0.801. The predicted molar refractivity (Wildman–Crippen MR) is 102 cm³/mol. The van der Waals surface area contributed by atoms with Gasteiger partial charge in [-0.05, 0) is 30.3 Å². The van der Waals surface area contributed by atoms with Crippen LogP contribution in [0.2, 0.25) is 0 Å². The van der Waals surface area contributed by atoms with Crippen LogP contribution in [0.3, 0.4) is 0 Å². The number of nitrogens with zero attached hydrogens (tertiary/aromatic N) is 2. The van der Waals surface area contributed by atoms with E-state index in [1.54, 1.807) is 6.07 Å². The molecule has 4 rings (SSSR count). The summed E-state index contributed by atoms with van der Waals surface area (Å²) in [4.78, 5) is 27.0. The number of furan rings is 1. The molecule has 134 valence electrons. The molecule has 1 N–H and O–H groups in total. The van der Waals surface area contributed by atoms with Crippen molar-refractivity contribution < 1.29 is 14.1 Å². The fraction of sp³-hybridized carbons (Fsp3) is 0.0526. The molecular weight excluding hydrogens is 366 g/mol. The van der Waals surface area contributed by atoms with Crippen molar-refractivity contribution in [2.24, 2.45) is 0 Å². The molecule has 1 amide bonds. The summed E-state index contributed by atoms with van der Waals surface area (Å²) < 4.78 is 6.85. The van der Waals surface area contributed by atoms with Crippen LogP contribution < -0.4 is 5.32 Å². The van der Waals surface area contributed by atoms with Crippen LogP contribution in [-0.2, 0) is 6.54 Å². The first-order chi connectivity index (χ1) is 13.1. The number of aromatic nitrogens is 1. The molecular formula is C19H13N3O4S. The zero-order valence-corrected chi connectivity index (χ0v) is 14.7. The van der Waals surface area contributed by atoms with Crippen molar-refractivity contribution in [3.05, 3.63) is 82.1 Å². The van der Waals surface area contributed by atoms with Gasteiger partial charge in [0.2, 0.25) is 0 Å². The van der Waals surface area contributed by atoms with Gasteiger partial charge >= 0.3 is 0 Å². The average Bonchev–Trinajstić information content (AvgIpc) is 3.32. The molecule has 0 aliphatic carbocycles. The molecule has 8 heteroatoms. The van der Waals surface area contributed by atoms with Crippen molar-refractivity contribution in [3.8, 4) is 10.8 Å². The Bertz CT molecular complexity index is 1120. The van der Waals surface area contributed by atoms with Gasteiger partial charge in [0, 0.05) is 17.7 Å². The lowest BCUT2D eigenvalue weighted by Crippen LogP contribution is -2.22. The average molecular weight is 379 g/mol. The minimum Gasteiger partial charge on any atom is -0.457 e. The molecule has 4 aromatic rings. The zero-order valence-electron chi connectivity index (χ0n) is 13.9. The molecule has 2 aromatic carbocycles. The number of nitro benzene ring substituents is 1. The number of hydrogen-bond donors (Lipinski definition) is 1. The summed E-state index contributed by atoms with van der Waals surface area (Å²) in [6.45, 7) is 0.173. The van der Waals surface area contributed by atoms with E-state index in [9.17, 15) is 14.9 Å². The maximum atomic E-state index is 12.2. The van der Waals surface area contributed by atoms with E-state index >= 15 is 0 Å². The van der Waals surface area contributed by atoms with Gasteiger partial charge in [0.15, 0.2) is 10.8 Å². The fourth-order valence-electron chi connectivity index (χ4n) is 2.60. The Labute approximate surface area is 157 Å². The molecule has 2 heterocycles. The highest BCUT2D eigenvalue weighted by Crippen LogP contribution is 2.31. The highest BCUT2D eigenvalue weighted by atomic mass is 32.1. The Hall–Kier alpha value is -3.52. The van der Waals surface area contributed by atoms with Crippen LogP contribution in [0.4, 0.5) is 5.69 Å². The van der Waals surface area contributed by atoms with Gasteiger partial charge in [-0.1, -0.05) is 18.2 Å². The number of hydrogen-bond acceptors (Lipinski definition) is 6. The minimum absolute atomic E-state index is 0.126. The normalized spacial score (nSPS) is 10.8. The predicted octanol–water partition coefficient (Wildman–Crippen LogP) is 4.39. The van der Waals surface area contributed by atoms with E-state index in [-0.39, 0.29) is 17.8 Å². The lowest BCUT2D eigenvalue weighted by molar-refractivity contribution is -0.384. The quantitative estimate of drug-likeness (QED) is 0.409. The molecule has 0 fully saturated rings. The molecule has 27 heavy (non-hydrogen) atoms. The molecule has 0 unspecified atom stereocenters. The van der Waals surface area contributed by atoms with E-state index in [0.717, 1.165) is 15.2 Å². The first-order valence-corrected chi connectivity index (χ1v) is 8.89. The van der Waals surface area contributed by atoms with Gasteiger partial charge < -0.3 is 9.73 Å². The molecule has 7 nitrogen and oxygen atoms in total. The van der Waals surface area contributed by atoms with Gasteiger partial charge in [0.05, 0.1) is 21.7 Å². The van der Waals surface area contributed by atoms with Crippen LogP contribution in [0.1, 0.15) is 16.1 Å². The SMILES string of the molecule is O=C(NCc1ccc(-c2nc3ccccc3s2)o1)c1cccc([N+](=O)[O-])c1. The molecule has 0 aliphatic rings. The summed E-state index contributed by atoms with van der Waals surface area (Å²) in [5.41, 5.74) is 1.01. The molecule has 0 aliphatic heterocycles. The van der Waals surface area contributed by atoms with Gasteiger partial charge in [-0.3, -0.25) is 14.9 Å². The van der Waals surface area contributed by atoms with E-state index < -0.39 is 10.8 Å². The van der Waals surface area contributed by atoms with Gasteiger partial charge in [-0.15, -0.1) is 11.3 Å². The fourth-order valence-corrected chi connectivity index (χ4v) is 3.52. The Kier molecular flexibility index (Phi) is 4.39. The Morgan fingerprint density at radius 2 is 2.00 bits per heavy atom. The van der Waals surface area contributed by atoms with Crippen LogP contribution in [0.5, 0.6) is 0 Å². The van der Waals surface area contributed by atoms with Gasteiger partial charge in [0.1, 0.15) is 5.76 Å². The van der Waals surface area contributed by atoms with E-state index in [1.165, 1.54) is 35.6 Å². The van der Waals surface area contributed by atoms with Crippen molar-refractivity contribution >= 4 is 33.1 Å². The highest BCUT2D eigenvalue weighted by Gasteiger charge is 2.13. The number of carbonyl (C=O) groups is 1. The summed E-state index contributed by atoms with van der Waals surface area (Å²) >= 11 is 1.53. The van der Waals surface area contributed by atoms with Crippen molar-refractivity contribution in [1.82, 2.24) is 10.3 Å². The lowest BCUT2D eigenvalue weighted by Gasteiger charge is -2.03. The minimum atomic E-state index is -0.534. The summed E-state index contributed by atoms with van der Waals surface area (Å²) in [6.07, 6.45) is 0. The number of nitro groups is 1. The van der Waals surface area contributed by atoms with Gasteiger partial charge in [-0.25, -0.2) is 4.98 Å². The highest BCUT2D eigenvalue weighted by molar-refractivity contribution is 7.21. The monoisotopic (exact) mass is 379 g/mol. The second-order valence-electron chi connectivity index (χ2n) is 5.74. The second-order valence-corrected chi connectivity index (χ2v) is 6.77. The van der Waals surface area contributed by atoms with Crippen molar-refractivity contribution in [3.63, 3.8) is 0 Å². The summed E-state index contributed by atoms with van der Waals surface area (Å²) in [5, 5.41) is 14.3. The Morgan fingerprint density at radius 3 is 2.81 bits per heavy atom. The first kappa shape index (κ1) is 16.9. The zero-order chi connectivity index (χ0) is 18.8. The molecule has 0 atom stereocenters. The lowest BCUT2D eigenvalue weighted by atomic mass is 10.2. The van der Waals surface area contributed by atoms with Crippen LogP contribution in [-0.4, -0.2) is 15.8 Å². The number of non-ortho nitro benzene ring substituents is 1. The molecule has 0 spiro atoms. The van der Waals surface area contributed by atoms with Gasteiger partial charge in [-0.2, -0.15) is 0 Å². The third kappa shape index (κ3) is 3.56. The summed E-state index contributed by atoms with van der Waals surface area (Å²) in [6, 6.07) is 17.0. The van der Waals surface area contributed by atoms with E-state index in [1.807, 2.05) is 30.3 Å². The second kappa shape index (κ2) is 7.00. The third-order valence-electron chi connectivity index (χ3n) is 3.91. The topological polar surface area (TPSA) is 98.3 Å². The smallest absolute Gasteiger partial charge is 0.270 e.